The van der Waals surface area contributed by atoms with Crippen molar-refractivity contribution in [1.82, 2.24) is 9.71 Å². The fourth-order valence-corrected chi connectivity index (χ4v) is 4.06. The van der Waals surface area contributed by atoms with Gasteiger partial charge in [-0.15, -0.1) is 0 Å². The minimum absolute atomic E-state index is 0.0114. The summed E-state index contributed by atoms with van der Waals surface area (Å²) in [6.07, 6.45) is 1.67. The molecule has 1 atom stereocenters. The Kier molecular flexibility index (Phi) is 5.48. The molecule has 3 aromatic rings. The summed E-state index contributed by atoms with van der Waals surface area (Å²) in [6, 6.07) is 11.5. The summed E-state index contributed by atoms with van der Waals surface area (Å²) in [7, 11) is -4.06. The normalized spacial score (nSPS) is 12.6. The van der Waals surface area contributed by atoms with Gasteiger partial charge in [0.05, 0.1) is 4.90 Å². The first kappa shape index (κ1) is 19.6. The van der Waals surface area contributed by atoms with Crippen molar-refractivity contribution in [1.29, 1.82) is 0 Å². The minimum Gasteiger partial charge on any atom is -0.480 e. The third-order valence-electron chi connectivity index (χ3n) is 4.18. The summed E-state index contributed by atoms with van der Waals surface area (Å²) in [4.78, 5) is 25.7. The van der Waals surface area contributed by atoms with Crippen LogP contribution in [-0.2, 0) is 26.0 Å². The lowest BCUT2D eigenvalue weighted by Gasteiger charge is -2.15. The van der Waals surface area contributed by atoms with E-state index < -0.39 is 22.0 Å². The van der Waals surface area contributed by atoms with Crippen LogP contribution in [0.2, 0.25) is 0 Å². The Balaban J connectivity index is 1.81. The standard InChI is InChI=1S/C19H19N3O5S/c1-12(23)21-14-6-8-15(9-7-14)28(26,27)22-18(19(24)25)10-13-11-20-17-5-3-2-4-16(13)17/h2-9,11,18,20,22H,10H2,1H3,(H,21,23)(H,24,25). The van der Waals surface area contributed by atoms with Crippen molar-refractivity contribution in [3.05, 3.63) is 60.3 Å². The van der Waals surface area contributed by atoms with Gasteiger partial charge in [0.2, 0.25) is 15.9 Å². The van der Waals surface area contributed by atoms with Crippen molar-refractivity contribution in [2.45, 2.75) is 24.3 Å². The first-order valence-corrected chi connectivity index (χ1v) is 9.92. The van der Waals surface area contributed by atoms with E-state index in [1.54, 1.807) is 6.20 Å². The van der Waals surface area contributed by atoms with Crippen molar-refractivity contribution < 1.29 is 23.1 Å². The summed E-state index contributed by atoms with van der Waals surface area (Å²) in [5, 5.41) is 12.9. The molecule has 8 nitrogen and oxygen atoms in total. The van der Waals surface area contributed by atoms with Crippen LogP contribution in [0.1, 0.15) is 12.5 Å². The highest BCUT2D eigenvalue weighted by Gasteiger charge is 2.26. The number of rotatable bonds is 7. The van der Waals surface area contributed by atoms with E-state index in [-0.39, 0.29) is 17.2 Å². The Bertz CT molecular complexity index is 1120. The molecule has 1 unspecified atom stereocenters. The zero-order chi connectivity index (χ0) is 20.3. The smallest absolute Gasteiger partial charge is 0.322 e. The monoisotopic (exact) mass is 401 g/mol. The highest BCUT2D eigenvalue weighted by molar-refractivity contribution is 7.89. The molecule has 1 amide bonds. The zero-order valence-electron chi connectivity index (χ0n) is 15.0. The van der Waals surface area contributed by atoms with Gasteiger partial charge in [-0.05, 0) is 35.9 Å². The van der Waals surface area contributed by atoms with Gasteiger partial charge in [-0.3, -0.25) is 9.59 Å². The van der Waals surface area contributed by atoms with Crippen LogP contribution in [0.5, 0.6) is 0 Å². The fourth-order valence-electron chi connectivity index (χ4n) is 2.88. The van der Waals surface area contributed by atoms with Crippen molar-refractivity contribution in [2.75, 3.05) is 5.32 Å². The molecule has 0 aliphatic carbocycles. The van der Waals surface area contributed by atoms with Crippen molar-refractivity contribution >= 4 is 38.5 Å². The molecule has 0 saturated heterocycles. The maximum Gasteiger partial charge on any atom is 0.322 e. The highest BCUT2D eigenvalue weighted by Crippen LogP contribution is 2.20. The number of carboxylic acids is 1. The van der Waals surface area contributed by atoms with Gasteiger partial charge in [-0.2, -0.15) is 4.72 Å². The Hall–Kier alpha value is -3.17. The van der Waals surface area contributed by atoms with Gasteiger partial charge in [-0.1, -0.05) is 18.2 Å². The number of anilines is 1. The molecule has 3 rings (SSSR count). The van der Waals surface area contributed by atoms with Gasteiger partial charge in [0.15, 0.2) is 0 Å². The molecule has 1 aromatic heterocycles. The average molecular weight is 401 g/mol. The van der Waals surface area contributed by atoms with Crippen LogP contribution in [0.3, 0.4) is 0 Å². The molecule has 9 heteroatoms. The van der Waals surface area contributed by atoms with Gasteiger partial charge in [0, 0.05) is 36.1 Å². The van der Waals surface area contributed by atoms with E-state index in [0.29, 0.717) is 11.3 Å². The number of carbonyl (C=O) groups excluding carboxylic acids is 1. The van der Waals surface area contributed by atoms with Gasteiger partial charge >= 0.3 is 5.97 Å². The van der Waals surface area contributed by atoms with E-state index in [9.17, 15) is 23.1 Å². The Labute approximate surface area is 161 Å². The summed E-state index contributed by atoms with van der Waals surface area (Å²) in [6.45, 7) is 1.34. The molecule has 0 saturated carbocycles. The number of fused-ring (bicyclic) bond motifs is 1. The lowest BCUT2D eigenvalue weighted by Crippen LogP contribution is -2.42. The lowest BCUT2D eigenvalue weighted by atomic mass is 10.1. The first-order valence-electron chi connectivity index (χ1n) is 8.44. The molecular formula is C19H19N3O5S. The number of aromatic nitrogens is 1. The molecule has 1 heterocycles. The molecular weight excluding hydrogens is 382 g/mol. The third-order valence-corrected chi connectivity index (χ3v) is 5.67. The highest BCUT2D eigenvalue weighted by atomic mass is 32.2. The number of para-hydroxylation sites is 1. The Morgan fingerprint density at radius 3 is 2.43 bits per heavy atom. The molecule has 146 valence electrons. The van der Waals surface area contributed by atoms with Gasteiger partial charge in [0.25, 0.3) is 0 Å². The number of carboxylic acid groups (broad SMARTS) is 1. The van der Waals surface area contributed by atoms with Crippen LogP contribution >= 0.6 is 0 Å². The number of nitrogens with one attached hydrogen (secondary N) is 3. The van der Waals surface area contributed by atoms with Crippen LogP contribution in [0.25, 0.3) is 10.9 Å². The number of aromatic amines is 1. The average Bonchev–Trinajstić information content (AvgIpc) is 3.04. The number of aliphatic carboxylic acids is 1. The number of sulfonamides is 1. The summed E-state index contributed by atoms with van der Waals surface area (Å²) in [5.74, 6) is -1.55. The predicted molar refractivity (Wildman–Crippen MR) is 104 cm³/mol. The number of hydrogen-bond acceptors (Lipinski definition) is 4. The molecule has 0 radical (unpaired) electrons. The second-order valence-electron chi connectivity index (χ2n) is 6.28. The maximum atomic E-state index is 12.6. The van der Waals surface area contributed by atoms with E-state index >= 15 is 0 Å². The Morgan fingerprint density at radius 1 is 1.11 bits per heavy atom. The SMILES string of the molecule is CC(=O)Nc1ccc(S(=O)(=O)NC(Cc2c[nH]c3ccccc23)C(=O)O)cc1. The molecule has 0 aliphatic heterocycles. The number of H-pyrrole nitrogens is 1. The molecule has 0 bridgehead atoms. The molecule has 0 spiro atoms. The quantitative estimate of drug-likeness (QED) is 0.482. The van der Waals surface area contributed by atoms with Crippen molar-refractivity contribution in [3.63, 3.8) is 0 Å². The number of amides is 1. The molecule has 28 heavy (non-hydrogen) atoms. The van der Waals surface area contributed by atoms with Gasteiger partial charge in [-0.25, -0.2) is 8.42 Å². The van der Waals surface area contributed by atoms with Crippen LogP contribution in [0.15, 0.2) is 59.6 Å². The van der Waals surface area contributed by atoms with E-state index in [2.05, 4.69) is 15.0 Å². The van der Waals surface area contributed by atoms with Crippen molar-refractivity contribution in [3.8, 4) is 0 Å². The van der Waals surface area contributed by atoms with Crippen LogP contribution in [0, 0.1) is 0 Å². The van der Waals surface area contributed by atoms with Gasteiger partial charge in [0.1, 0.15) is 6.04 Å². The third kappa shape index (κ3) is 4.38. The minimum atomic E-state index is -4.06. The van der Waals surface area contributed by atoms with E-state index in [0.717, 1.165) is 10.9 Å². The summed E-state index contributed by atoms with van der Waals surface area (Å²) in [5.41, 5.74) is 1.99. The molecule has 4 N–H and O–H groups in total. The lowest BCUT2D eigenvalue weighted by molar-refractivity contribution is -0.138. The second-order valence-corrected chi connectivity index (χ2v) is 8.00. The topological polar surface area (TPSA) is 128 Å². The van der Waals surface area contributed by atoms with E-state index in [1.807, 2.05) is 24.3 Å². The van der Waals surface area contributed by atoms with E-state index in [1.165, 1.54) is 31.2 Å². The number of hydrogen-bond donors (Lipinski definition) is 4. The fraction of sp³-hybridized carbons (Fsp3) is 0.158. The maximum absolute atomic E-state index is 12.6. The predicted octanol–water partition coefficient (Wildman–Crippen LogP) is 2.10. The number of benzene rings is 2. The Morgan fingerprint density at radius 2 is 1.79 bits per heavy atom. The molecule has 0 aliphatic rings. The molecule has 2 aromatic carbocycles. The summed E-state index contributed by atoms with van der Waals surface area (Å²) >= 11 is 0. The first-order chi connectivity index (χ1) is 13.3. The zero-order valence-corrected chi connectivity index (χ0v) is 15.8. The van der Waals surface area contributed by atoms with Crippen LogP contribution in [-0.4, -0.2) is 36.4 Å². The largest absolute Gasteiger partial charge is 0.480 e. The van der Waals surface area contributed by atoms with Crippen molar-refractivity contribution in [2.24, 2.45) is 0 Å². The van der Waals surface area contributed by atoms with E-state index in [4.69, 9.17) is 0 Å². The van der Waals surface area contributed by atoms with Gasteiger partial charge < -0.3 is 15.4 Å². The van der Waals surface area contributed by atoms with Crippen LogP contribution < -0.4 is 10.0 Å². The number of carbonyl (C=O) groups is 2. The van der Waals surface area contributed by atoms with Crippen LogP contribution in [0.4, 0.5) is 5.69 Å². The molecule has 0 fully saturated rings. The summed E-state index contributed by atoms with van der Waals surface area (Å²) < 4.78 is 27.4. The second kappa shape index (κ2) is 7.83.